The van der Waals surface area contributed by atoms with Gasteiger partial charge in [-0.1, -0.05) is 26.3 Å². The van der Waals surface area contributed by atoms with Gasteiger partial charge in [-0.2, -0.15) is 0 Å². The molecule has 3 heteroatoms. The molecule has 0 aliphatic rings. The van der Waals surface area contributed by atoms with Crippen LogP contribution in [0.2, 0.25) is 0 Å². The number of hydrogen-bond donors (Lipinski definition) is 1. The number of hydrogen-bond acceptors (Lipinski definition) is 3. The van der Waals surface area contributed by atoms with E-state index in [2.05, 4.69) is 24.1 Å². The van der Waals surface area contributed by atoms with E-state index in [9.17, 15) is 0 Å². The molecule has 1 unspecified atom stereocenters. The highest BCUT2D eigenvalue weighted by molar-refractivity contribution is 5.02. The van der Waals surface area contributed by atoms with Crippen molar-refractivity contribution in [3.05, 3.63) is 30.1 Å². The predicted molar refractivity (Wildman–Crippen MR) is 70.8 cm³/mol. The zero-order valence-corrected chi connectivity index (χ0v) is 11.0. The maximum atomic E-state index is 5.60. The van der Waals surface area contributed by atoms with Gasteiger partial charge in [-0.25, -0.2) is 0 Å². The molecule has 0 spiro atoms. The van der Waals surface area contributed by atoms with Crippen molar-refractivity contribution in [3.8, 4) is 0 Å². The van der Waals surface area contributed by atoms with Gasteiger partial charge in [0, 0.05) is 25.9 Å². The summed E-state index contributed by atoms with van der Waals surface area (Å²) in [5.74, 6) is 0.677. The summed E-state index contributed by atoms with van der Waals surface area (Å²) in [6.45, 7) is 7.81. The molecular formula is C14H24N2O. The zero-order valence-electron chi connectivity index (χ0n) is 11.0. The van der Waals surface area contributed by atoms with Gasteiger partial charge in [-0.15, -0.1) is 0 Å². The van der Waals surface area contributed by atoms with Crippen molar-refractivity contribution in [3.63, 3.8) is 0 Å². The summed E-state index contributed by atoms with van der Waals surface area (Å²) in [7, 11) is 0. The van der Waals surface area contributed by atoms with Crippen molar-refractivity contribution in [2.45, 2.75) is 33.2 Å². The summed E-state index contributed by atoms with van der Waals surface area (Å²) in [5, 5.41) is 3.32. The van der Waals surface area contributed by atoms with Gasteiger partial charge in [-0.3, -0.25) is 4.98 Å². The van der Waals surface area contributed by atoms with Crippen molar-refractivity contribution >= 4 is 0 Å². The largest absolute Gasteiger partial charge is 0.380 e. The predicted octanol–water partition coefficient (Wildman–Crippen LogP) is 2.62. The Morgan fingerprint density at radius 1 is 1.41 bits per heavy atom. The maximum Gasteiger partial charge on any atom is 0.0591 e. The first-order valence-electron chi connectivity index (χ1n) is 6.51. The van der Waals surface area contributed by atoms with Crippen LogP contribution in [0, 0.1) is 5.92 Å². The third kappa shape index (κ3) is 7.08. The summed E-state index contributed by atoms with van der Waals surface area (Å²) >= 11 is 0. The van der Waals surface area contributed by atoms with E-state index in [1.165, 1.54) is 12.8 Å². The van der Waals surface area contributed by atoms with E-state index in [0.717, 1.165) is 32.0 Å². The monoisotopic (exact) mass is 236 g/mol. The second-order valence-corrected chi connectivity index (χ2v) is 4.47. The fourth-order valence-corrected chi connectivity index (χ4v) is 1.72. The number of rotatable bonds is 9. The molecule has 1 aromatic rings. The molecule has 96 valence electrons. The van der Waals surface area contributed by atoms with Crippen LogP contribution in [0.25, 0.3) is 0 Å². The maximum absolute atomic E-state index is 5.60. The van der Waals surface area contributed by atoms with Crippen molar-refractivity contribution in [1.29, 1.82) is 0 Å². The molecule has 0 aliphatic carbocycles. The van der Waals surface area contributed by atoms with Crippen LogP contribution in [0.4, 0.5) is 0 Å². The van der Waals surface area contributed by atoms with E-state index < -0.39 is 0 Å². The van der Waals surface area contributed by atoms with Gasteiger partial charge in [0.05, 0.1) is 12.3 Å². The first-order chi connectivity index (χ1) is 8.33. The van der Waals surface area contributed by atoms with E-state index in [4.69, 9.17) is 4.74 Å². The Morgan fingerprint density at radius 3 is 3.00 bits per heavy atom. The first-order valence-corrected chi connectivity index (χ1v) is 6.51. The normalized spacial score (nSPS) is 12.6. The van der Waals surface area contributed by atoms with Crippen molar-refractivity contribution < 1.29 is 4.74 Å². The van der Waals surface area contributed by atoms with Crippen LogP contribution in [-0.4, -0.2) is 24.7 Å². The van der Waals surface area contributed by atoms with Gasteiger partial charge in [0.1, 0.15) is 0 Å². The Bertz CT molecular complexity index is 277. The number of nitrogens with zero attached hydrogens (tertiary/aromatic N) is 1. The van der Waals surface area contributed by atoms with Gasteiger partial charge in [0.25, 0.3) is 0 Å². The minimum atomic E-state index is 0.677. The van der Waals surface area contributed by atoms with Gasteiger partial charge in [-0.05, 0) is 24.5 Å². The molecule has 0 saturated heterocycles. The topological polar surface area (TPSA) is 34.1 Å². The summed E-state index contributed by atoms with van der Waals surface area (Å²) in [6, 6.07) is 5.96. The molecule has 0 saturated carbocycles. The Kier molecular flexibility index (Phi) is 7.60. The molecule has 17 heavy (non-hydrogen) atoms. The molecule has 0 aliphatic heterocycles. The number of ether oxygens (including phenoxy) is 1. The van der Waals surface area contributed by atoms with Crippen LogP contribution in [-0.2, 0) is 11.3 Å². The molecule has 3 nitrogen and oxygen atoms in total. The lowest BCUT2D eigenvalue weighted by atomic mass is 10.1. The van der Waals surface area contributed by atoms with E-state index in [1.807, 2.05) is 24.4 Å². The molecule has 0 fully saturated rings. The lowest BCUT2D eigenvalue weighted by Gasteiger charge is -2.11. The van der Waals surface area contributed by atoms with Crippen LogP contribution < -0.4 is 5.32 Å². The SMILES string of the molecule is CCCC(C)COCCNCc1ccccn1. The summed E-state index contributed by atoms with van der Waals surface area (Å²) in [4.78, 5) is 4.25. The third-order valence-corrected chi connectivity index (χ3v) is 2.64. The lowest BCUT2D eigenvalue weighted by Crippen LogP contribution is -2.21. The standard InChI is InChI=1S/C14H24N2O/c1-3-6-13(2)12-17-10-9-15-11-14-7-4-5-8-16-14/h4-5,7-8,13,15H,3,6,9-12H2,1-2H3. The number of aromatic nitrogens is 1. The molecule has 0 bridgehead atoms. The first kappa shape index (κ1) is 14.1. The fraction of sp³-hybridized carbons (Fsp3) is 0.643. The molecule has 1 heterocycles. The molecule has 1 atom stereocenters. The molecule has 0 amide bonds. The highest BCUT2D eigenvalue weighted by atomic mass is 16.5. The van der Waals surface area contributed by atoms with Crippen LogP contribution in [0.1, 0.15) is 32.4 Å². The zero-order chi connectivity index (χ0) is 12.3. The lowest BCUT2D eigenvalue weighted by molar-refractivity contribution is 0.103. The van der Waals surface area contributed by atoms with Gasteiger partial charge < -0.3 is 10.1 Å². The third-order valence-electron chi connectivity index (χ3n) is 2.64. The molecule has 0 radical (unpaired) electrons. The molecule has 1 N–H and O–H groups in total. The number of pyridine rings is 1. The van der Waals surface area contributed by atoms with Crippen molar-refractivity contribution in [1.82, 2.24) is 10.3 Å². The minimum absolute atomic E-state index is 0.677. The van der Waals surface area contributed by atoms with E-state index in [0.29, 0.717) is 5.92 Å². The molecule has 1 rings (SSSR count). The van der Waals surface area contributed by atoms with E-state index in [-0.39, 0.29) is 0 Å². The average molecular weight is 236 g/mol. The highest BCUT2D eigenvalue weighted by Crippen LogP contribution is 2.04. The summed E-state index contributed by atoms with van der Waals surface area (Å²) in [6.07, 6.45) is 4.31. The summed E-state index contributed by atoms with van der Waals surface area (Å²) < 4.78 is 5.60. The Balaban J connectivity index is 1.95. The van der Waals surface area contributed by atoms with Gasteiger partial charge in [0.15, 0.2) is 0 Å². The number of nitrogens with one attached hydrogen (secondary N) is 1. The molecule has 1 aromatic heterocycles. The highest BCUT2D eigenvalue weighted by Gasteiger charge is 1.99. The van der Waals surface area contributed by atoms with E-state index in [1.54, 1.807) is 0 Å². The Morgan fingerprint density at radius 2 is 2.29 bits per heavy atom. The van der Waals surface area contributed by atoms with Crippen LogP contribution in [0.15, 0.2) is 24.4 Å². The average Bonchev–Trinajstić information content (AvgIpc) is 2.35. The summed E-state index contributed by atoms with van der Waals surface area (Å²) in [5.41, 5.74) is 1.08. The van der Waals surface area contributed by atoms with Gasteiger partial charge in [0.2, 0.25) is 0 Å². The minimum Gasteiger partial charge on any atom is -0.380 e. The van der Waals surface area contributed by atoms with Crippen LogP contribution in [0.3, 0.4) is 0 Å². The molecular weight excluding hydrogens is 212 g/mol. The Hall–Kier alpha value is -0.930. The van der Waals surface area contributed by atoms with Crippen LogP contribution >= 0.6 is 0 Å². The van der Waals surface area contributed by atoms with E-state index >= 15 is 0 Å². The Labute approximate surface area is 105 Å². The van der Waals surface area contributed by atoms with Crippen molar-refractivity contribution in [2.24, 2.45) is 5.92 Å². The quantitative estimate of drug-likeness (QED) is 0.669. The second kappa shape index (κ2) is 9.14. The fourth-order valence-electron chi connectivity index (χ4n) is 1.72. The second-order valence-electron chi connectivity index (χ2n) is 4.47. The molecule has 0 aromatic carbocycles. The smallest absolute Gasteiger partial charge is 0.0591 e. The van der Waals surface area contributed by atoms with Gasteiger partial charge >= 0.3 is 0 Å². The van der Waals surface area contributed by atoms with Crippen LogP contribution in [0.5, 0.6) is 0 Å². The van der Waals surface area contributed by atoms with Crippen molar-refractivity contribution in [2.75, 3.05) is 19.8 Å².